The summed E-state index contributed by atoms with van der Waals surface area (Å²) < 4.78 is 10.6. The molecule has 0 bridgehead atoms. The van der Waals surface area contributed by atoms with Gasteiger partial charge in [-0.25, -0.2) is 4.98 Å². The van der Waals surface area contributed by atoms with Crippen molar-refractivity contribution in [3.05, 3.63) is 46.9 Å². The predicted molar refractivity (Wildman–Crippen MR) is 83.1 cm³/mol. The van der Waals surface area contributed by atoms with Gasteiger partial charge in [0.15, 0.2) is 11.6 Å². The molecule has 1 aliphatic rings. The van der Waals surface area contributed by atoms with Gasteiger partial charge in [-0.1, -0.05) is 0 Å². The van der Waals surface area contributed by atoms with E-state index in [1.54, 1.807) is 18.4 Å². The summed E-state index contributed by atoms with van der Waals surface area (Å²) in [6.07, 6.45) is 1.56. The monoisotopic (exact) mass is 297 g/mol. The van der Waals surface area contributed by atoms with Crippen LogP contribution in [0.1, 0.15) is 0 Å². The van der Waals surface area contributed by atoms with E-state index in [-0.39, 0.29) is 5.56 Å². The lowest BCUT2D eigenvalue weighted by Crippen LogP contribution is -2.36. The maximum atomic E-state index is 12.3. The second-order valence-corrected chi connectivity index (χ2v) is 5.19. The summed E-state index contributed by atoms with van der Waals surface area (Å²) in [5.74, 6) is 0.998. The first kappa shape index (κ1) is 13.1. The third-order valence-corrected chi connectivity index (χ3v) is 3.82. The summed E-state index contributed by atoms with van der Waals surface area (Å²) in [6.45, 7) is 3.09. The van der Waals surface area contributed by atoms with Crippen LogP contribution in [0.2, 0.25) is 0 Å². The number of morpholine rings is 1. The van der Waals surface area contributed by atoms with Gasteiger partial charge in [0.25, 0.3) is 5.56 Å². The third kappa shape index (κ3) is 2.27. The second kappa shape index (κ2) is 5.31. The lowest BCUT2D eigenvalue weighted by atomic mass is 10.2. The van der Waals surface area contributed by atoms with Crippen LogP contribution < -0.4 is 10.5 Å². The molecule has 22 heavy (non-hydrogen) atoms. The zero-order chi connectivity index (χ0) is 14.9. The molecule has 1 aromatic carbocycles. The van der Waals surface area contributed by atoms with Crippen LogP contribution in [-0.2, 0) is 4.74 Å². The van der Waals surface area contributed by atoms with Crippen LogP contribution in [0.15, 0.2) is 45.8 Å². The number of hydrogen-bond acceptors (Lipinski definition) is 5. The van der Waals surface area contributed by atoms with Crippen molar-refractivity contribution >= 4 is 16.6 Å². The molecule has 2 aromatic heterocycles. The van der Waals surface area contributed by atoms with Crippen molar-refractivity contribution in [2.75, 3.05) is 31.2 Å². The lowest BCUT2D eigenvalue weighted by molar-refractivity contribution is 0.122. The van der Waals surface area contributed by atoms with Crippen LogP contribution in [0.25, 0.3) is 22.5 Å². The van der Waals surface area contributed by atoms with E-state index in [9.17, 15) is 4.79 Å². The van der Waals surface area contributed by atoms with E-state index in [0.29, 0.717) is 35.7 Å². The molecule has 3 heterocycles. The summed E-state index contributed by atoms with van der Waals surface area (Å²) >= 11 is 0. The first-order chi connectivity index (χ1) is 10.8. The van der Waals surface area contributed by atoms with Crippen molar-refractivity contribution in [2.45, 2.75) is 0 Å². The number of H-pyrrole nitrogens is 1. The van der Waals surface area contributed by atoms with E-state index >= 15 is 0 Å². The minimum atomic E-state index is -0.161. The number of fused-ring (bicyclic) bond motifs is 1. The number of rotatable bonds is 2. The third-order valence-electron chi connectivity index (χ3n) is 3.82. The molecule has 0 atom stereocenters. The van der Waals surface area contributed by atoms with E-state index in [0.717, 1.165) is 18.8 Å². The van der Waals surface area contributed by atoms with Crippen molar-refractivity contribution in [1.82, 2.24) is 9.97 Å². The van der Waals surface area contributed by atoms with Gasteiger partial charge in [0.05, 0.1) is 30.4 Å². The fourth-order valence-corrected chi connectivity index (χ4v) is 2.67. The highest BCUT2D eigenvalue weighted by atomic mass is 16.5. The largest absolute Gasteiger partial charge is 0.461 e. The summed E-state index contributed by atoms with van der Waals surface area (Å²) in [5.41, 5.74) is 1.52. The van der Waals surface area contributed by atoms with E-state index in [4.69, 9.17) is 9.15 Å². The van der Waals surface area contributed by atoms with Crippen LogP contribution in [0, 0.1) is 0 Å². The first-order valence-corrected chi connectivity index (χ1v) is 7.22. The van der Waals surface area contributed by atoms with Gasteiger partial charge in [0, 0.05) is 18.8 Å². The summed E-state index contributed by atoms with van der Waals surface area (Å²) in [6, 6.07) is 9.29. The minimum Gasteiger partial charge on any atom is -0.461 e. The number of furan rings is 1. The van der Waals surface area contributed by atoms with Crippen LogP contribution in [0.5, 0.6) is 0 Å². The molecular formula is C16H15N3O3. The van der Waals surface area contributed by atoms with Gasteiger partial charge in [-0.3, -0.25) is 4.79 Å². The number of benzene rings is 1. The number of aromatic nitrogens is 2. The standard InChI is InChI=1S/C16H15N3O3/c20-16-12-10-11(19-5-8-21-9-6-19)3-4-13(12)17-15(18-16)14-2-1-7-22-14/h1-4,7,10H,5-6,8-9H2,(H,17,18,20). The van der Waals surface area contributed by atoms with E-state index in [1.807, 2.05) is 18.2 Å². The van der Waals surface area contributed by atoms with Crippen molar-refractivity contribution in [1.29, 1.82) is 0 Å². The van der Waals surface area contributed by atoms with E-state index < -0.39 is 0 Å². The van der Waals surface area contributed by atoms with Crippen LogP contribution in [0.4, 0.5) is 5.69 Å². The molecule has 0 radical (unpaired) electrons. The van der Waals surface area contributed by atoms with Crippen molar-refractivity contribution in [3.63, 3.8) is 0 Å². The number of nitrogens with one attached hydrogen (secondary N) is 1. The van der Waals surface area contributed by atoms with Gasteiger partial charge < -0.3 is 19.0 Å². The molecule has 1 aliphatic heterocycles. The quantitative estimate of drug-likeness (QED) is 0.783. The van der Waals surface area contributed by atoms with E-state index in [1.165, 1.54) is 0 Å². The number of hydrogen-bond donors (Lipinski definition) is 1. The second-order valence-electron chi connectivity index (χ2n) is 5.19. The number of anilines is 1. The molecule has 1 N–H and O–H groups in total. The van der Waals surface area contributed by atoms with Crippen LogP contribution in [0.3, 0.4) is 0 Å². The molecule has 112 valence electrons. The van der Waals surface area contributed by atoms with Crippen molar-refractivity contribution < 1.29 is 9.15 Å². The Balaban J connectivity index is 1.79. The molecule has 3 aromatic rings. The maximum Gasteiger partial charge on any atom is 0.259 e. The molecule has 4 rings (SSSR count). The molecule has 0 spiro atoms. The predicted octanol–water partition coefficient (Wildman–Crippen LogP) is 2.02. The minimum absolute atomic E-state index is 0.161. The maximum absolute atomic E-state index is 12.3. The molecule has 0 aliphatic carbocycles. The van der Waals surface area contributed by atoms with Crippen LogP contribution >= 0.6 is 0 Å². The average Bonchev–Trinajstić information content (AvgIpc) is 3.10. The molecule has 1 saturated heterocycles. The zero-order valence-corrected chi connectivity index (χ0v) is 11.9. The molecule has 1 fully saturated rings. The SMILES string of the molecule is O=c1[nH]c(-c2ccco2)nc2ccc(N3CCOCC3)cc12. The number of nitrogens with zero attached hydrogens (tertiary/aromatic N) is 2. The molecule has 6 heteroatoms. The van der Waals surface area contributed by atoms with Gasteiger partial charge in [0.2, 0.25) is 0 Å². The van der Waals surface area contributed by atoms with Crippen molar-refractivity contribution in [2.24, 2.45) is 0 Å². The fourth-order valence-electron chi connectivity index (χ4n) is 2.67. The molecule has 0 saturated carbocycles. The van der Waals surface area contributed by atoms with Gasteiger partial charge >= 0.3 is 0 Å². The summed E-state index contributed by atoms with van der Waals surface area (Å²) in [5, 5.41) is 0.583. The summed E-state index contributed by atoms with van der Waals surface area (Å²) in [7, 11) is 0. The molecule has 6 nitrogen and oxygen atoms in total. The Labute approximate surface area is 126 Å². The number of aromatic amines is 1. The Bertz CT molecular complexity index is 849. The Morgan fingerprint density at radius 1 is 1.18 bits per heavy atom. The van der Waals surface area contributed by atoms with Gasteiger partial charge in [0.1, 0.15) is 0 Å². The van der Waals surface area contributed by atoms with Gasteiger partial charge in [-0.15, -0.1) is 0 Å². The van der Waals surface area contributed by atoms with E-state index in [2.05, 4.69) is 14.9 Å². The Morgan fingerprint density at radius 3 is 2.82 bits per heavy atom. The first-order valence-electron chi connectivity index (χ1n) is 7.22. The normalized spacial score (nSPS) is 15.4. The van der Waals surface area contributed by atoms with Gasteiger partial charge in [-0.05, 0) is 30.3 Å². The zero-order valence-electron chi connectivity index (χ0n) is 11.9. The van der Waals surface area contributed by atoms with Crippen molar-refractivity contribution in [3.8, 4) is 11.6 Å². The Morgan fingerprint density at radius 2 is 2.05 bits per heavy atom. The molecule has 0 amide bonds. The topological polar surface area (TPSA) is 71.4 Å². The fraction of sp³-hybridized carbons (Fsp3) is 0.250. The Hall–Kier alpha value is -2.60. The molecule has 0 unspecified atom stereocenters. The summed E-state index contributed by atoms with van der Waals surface area (Å²) in [4.78, 5) is 21.8. The van der Waals surface area contributed by atoms with Gasteiger partial charge in [-0.2, -0.15) is 0 Å². The van der Waals surface area contributed by atoms with Crippen LogP contribution in [-0.4, -0.2) is 36.3 Å². The lowest BCUT2D eigenvalue weighted by Gasteiger charge is -2.28. The highest BCUT2D eigenvalue weighted by Gasteiger charge is 2.13. The highest BCUT2D eigenvalue weighted by Crippen LogP contribution is 2.22. The molecular weight excluding hydrogens is 282 g/mol. The highest BCUT2D eigenvalue weighted by molar-refractivity contribution is 5.83. The average molecular weight is 297 g/mol. The number of ether oxygens (including phenoxy) is 1. The smallest absolute Gasteiger partial charge is 0.259 e. The Kier molecular flexibility index (Phi) is 3.16.